The van der Waals surface area contributed by atoms with E-state index in [1.165, 1.54) is 18.3 Å². The van der Waals surface area contributed by atoms with Crippen LogP contribution >= 0.6 is 11.9 Å². The molecule has 168 valence electrons. The molecule has 3 heterocycles. The molecular formula is C20H27N5O5S. The molecule has 1 fully saturated rings. The number of aromatic nitrogens is 2. The van der Waals surface area contributed by atoms with Crippen LogP contribution < -0.4 is 10.0 Å². The smallest absolute Gasteiger partial charge is 0.208 e. The first kappa shape index (κ1) is 22.2. The van der Waals surface area contributed by atoms with Crippen molar-refractivity contribution in [2.45, 2.75) is 55.2 Å². The van der Waals surface area contributed by atoms with Gasteiger partial charge < -0.3 is 30.5 Å². The molecule has 4 rings (SSSR count). The summed E-state index contributed by atoms with van der Waals surface area (Å²) in [6.07, 6.45) is -1.98. The fraction of sp³-hybridized carbons (Fsp3) is 0.500. The van der Waals surface area contributed by atoms with E-state index in [1.54, 1.807) is 4.57 Å². The van der Waals surface area contributed by atoms with Gasteiger partial charge >= 0.3 is 0 Å². The fourth-order valence-electron chi connectivity index (χ4n) is 3.72. The zero-order valence-corrected chi connectivity index (χ0v) is 17.9. The maximum absolute atomic E-state index is 11.4. The van der Waals surface area contributed by atoms with E-state index in [0.717, 1.165) is 18.5 Å². The highest BCUT2D eigenvalue weighted by atomic mass is 32.2. The summed E-state index contributed by atoms with van der Waals surface area (Å²) in [6, 6.07) is 9.47. The van der Waals surface area contributed by atoms with E-state index in [4.69, 9.17) is 4.74 Å². The van der Waals surface area contributed by atoms with Gasteiger partial charge in [-0.1, -0.05) is 37.3 Å². The highest BCUT2D eigenvalue weighted by molar-refractivity contribution is 7.97. The molecule has 5 atom stereocenters. The summed E-state index contributed by atoms with van der Waals surface area (Å²) in [5.74, 6) is 0.407. The molecule has 0 aliphatic carbocycles. The Morgan fingerprint density at radius 1 is 1.26 bits per heavy atom. The van der Waals surface area contributed by atoms with Crippen LogP contribution in [0.25, 0.3) is 0 Å². The Kier molecular flexibility index (Phi) is 6.63. The number of hydrogen-bond acceptors (Lipinski definition) is 10. The van der Waals surface area contributed by atoms with Crippen molar-refractivity contribution in [2.24, 2.45) is 4.99 Å². The zero-order valence-electron chi connectivity index (χ0n) is 17.0. The summed E-state index contributed by atoms with van der Waals surface area (Å²) in [5.41, 5.74) is -0.445. The number of aliphatic imine (C=N–C) groups is 1. The number of nitrogens with zero attached hydrogens (tertiary/aromatic N) is 3. The van der Waals surface area contributed by atoms with Gasteiger partial charge in [-0.2, -0.15) is 0 Å². The number of benzene rings is 1. The van der Waals surface area contributed by atoms with Crippen LogP contribution in [0.2, 0.25) is 0 Å². The standard InChI is InChI=1S/C20H27N5O5S/c1-2-8-23-31-19-24-16-17(25(19)18-15(28)14(27)13(10-26)30-18)21-11-22-20(16,29)9-12-6-4-3-5-7-12/h3-7,11,13-15,18,23,26-29H,2,8-10H2,1H3,(H,21,22)/t13-,14-,15-,18-,20?/m1/s1. The molecule has 31 heavy (non-hydrogen) atoms. The topological polar surface area (TPSA) is 144 Å². The number of rotatable bonds is 8. The Bertz CT molecular complexity index is 926. The number of ether oxygens (including phenoxy) is 1. The number of aliphatic hydroxyl groups is 4. The summed E-state index contributed by atoms with van der Waals surface area (Å²) in [6.45, 7) is 2.32. The van der Waals surface area contributed by atoms with Gasteiger partial charge in [0.2, 0.25) is 5.72 Å². The Morgan fingerprint density at radius 2 is 2.03 bits per heavy atom. The van der Waals surface area contributed by atoms with E-state index in [2.05, 4.69) is 20.0 Å². The molecule has 2 aliphatic heterocycles. The lowest BCUT2D eigenvalue weighted by atomic mass is 9.99. The SMILES string of the molecule is CCCNSc1nc2c(n1[C@@H]1O[C@H](CO)[C@@H](O)[C@H]1O)NC=NC2(O)Cc1ccccc1. The zero-order chi connectivity index (χ0) is 22.0. The fourth-order valence-corrected chi connectivity index (χ4v) is 4.59. The van der Waals surface area contributed by atoms with Crippen molar-refractivity contribution in [3.63, 3.8) is 0 Å². The van der Waals surface area contributed by atoms with Gasteiger partial charge in [0, 0.05) is 13.0 Å². The van der Waals surface area contributed by atoms with Gasteiger partial charge in [-0.05, 0) is 23.9 Å². The Balaban J connectivity index is 1.74. The van der Waals surface area contributed by atoms with Gasteiger partial charge in [0.25, 0.3) is 0 Å². The van der Waals surface area contributed by atoms with Gasteiger partial charge in [-0.3, -0.25) is 9.29 Å². The molecule has 1 saturated heterocycles. The van der Waals surface area contributed by atoms with Crippen LogP contribution in [0.3, 0.4) is 0 Å². The average molecular weight is 450 g/mol. The van der Waals surface area contributed by atoms with Crippen LogP contribution in [-0.2, 0) is 16.9 Å². The summed E-state index contributed by atoms with van der Waals surface area (Å²) < 4.78 is 10.5. The number of aliphatic hydroxyl groups excluding tert-OH is 3. The molecular weight excluding hydrogens is 422 g/mol. The van der Waals surface area contributed by atoms with Crippen LogP contribution in [0.15, 0.2) is 40.5 Å². The molecule has 1 aromatic carbocycles. The normalized spacial score (nSPS) is 29.7. The van der Waals surface area contributed by atoms with Gasteiger partial charge in [0.05, 0.1) is 12.9 Å². The third-order valence-electron chi connectivity index (χ3n) is 5.32. The van der Waals surface area contributed by atoms with Crippen LogP contribution in [0, 0.1) is 0 Å². The first-order valence-electron chi connectivity index (χ1n) is 10.2. The van der Waals surface area contributed by atoms with E-state index in [-0.39, 0.29) is 12.1 Å². The minimum absolute atomic E-state index is 0.207. The molecule has 2 aromatic rings. The predicted octanol–water partition coefficient (Wildman–Crippen LogP) is 0.343. The van der Waals surface area contributed by atoms with E-state index in [1.807, 2.05) is 37.3 Å². The van der Waals surface area contributed by atoms with Crippen LogP contribution in [0.1, 0.15) is 30.8 Å². The van der Waals surface area contributed by atoms with Crippen molar-refractivity contribution in [1.29, 1.82) is 0 Å². The van der Waals surface area contributed by atoms with Crippen LogP contribution in [-0.4, -0.2) is 67.8 Å². The summed E-state index contributed by atoms with van der Waals surface area (Å²) in [7, 11) is 0. The molecule has 11 heteroatoms. The van der Waals surface area contributed by atoms with Crippen molar-refractivity contribution >= 4 is 24.1 Å². The maximum Gasteiger partial charge on any atom is 0.208 e. The Morgan fingerprint density at radius 3 is 2.71 bits per heavy atom. The van der Waals surface area contributed by atoms with Crippen molar-refractivity contribution in [2.75, 3.05) is 18.5 Å². The van der Waals surface area contributed by atoms with Crippen LogP contribution in [0.5, 0.6) is 0 Å². The van der Waals surface area contributed by atoms with Crippen molar-refractivity contribution < 1.29 is 25.2 Å². The molecule has 10 nitrogen and oxygen atoms in total. The summed E-state index contributed by atoms with van der Waals surface area (Å²) in [4.78, 5) is 8.89. The van der Waals surface area contributed by atoms with Gasteiger partial charge in [0.1, 0.15) is 29.8 Å². The Hall–Kier alpha value is -1.99. The second-order valence-corrected chi connectivity index (χ2v) is 8.43. The number of imidazole rings is 1. The maximum atomic E-state index is 11.4. The highest BCUT2D eigenvalue weighted by Gasteiger charge is 2.47. The highest BCUT2D eigenvalue weighted by Crippen LogP contribution is 2.42. The third kappa shape index (κ3) is 4.22. The van der Waals surface area contributed by atoms with E-state index in [0.29, 0.717) is 11.0 Å². The number of nitrogens with one attached hydrogen (secondary N) is 2. The molecule has 1 unspecified atom stereocenters. The number of hydrogen-bond donors (Lipinski definition) is 6. The van der Waals surface area contributed by atoms with Crippen molar-refractivity contribution in [3.8, 4) is 0 Å². The minimum atomic E-state index is -1.62. The minimum Gasteiger partial charge on any atom is -0.394 e. The molecule has 0 bridgehead atoms. The van der Waals surface area contributed by atoms with Crippen molar-refractivity contribution in [3.05, 3.63) is 41.6 Å². The molecule has 0 radical (unpaired) electrons. The molecule has 0 amide bonds. The summed E-state index contributed by atoms with van der Waals surface area (Å²) >= 11 is 1.23. The molecule has 0 spiro atoms. The first-order valence-corrected chi connectivity index (χ1v) is 11.0. The monoisotopic (exact) mass is 449 g/mol. The van der Waals surface area contributed by atoms with Gasteiger partial charge in [-0.25, -0.2) is 9.98 Å². The molecule has 6 N–H and O–H groups in total. The van der Waals surface area contributed by atoms with Gasteiger partial charge in [-0.15, -0.1) is 0 Å². The number of anilines is 1. The quantitative estimate of drug-likeness (QED) is 0.248. The lowest BCUT2D eigenvalue weighted by molar-refractivity contribution is -0.0557. The van der Waals surface area contributed by atoms with Gasteiger partial charge in [0.15, 0.2) is 11.4 Å². The van der Waals surface area contributed by atoms with E-state index >= 15 is 0 Å². The second-order valence-electron chi connectivity index (χ2n) is 7.57. The van der Waals surface area contributed by atoms with E-state index < -0.39 is 36.9 Å². The van der Waals surface area contributed by atoms with Crippen molar-refractivity contribution in [1.82, 2.24) is 14.3 Å². The van der Waals surface area contributed by atoms with Crippen LogP contribution in [0.4, 0.5) is 5.82 Å². The number of fused-ring (bicyclic) bond motifs is 1. The predicted molar refractivity (Wildman–Crippen MR) is 116 cm³/mol. The first-order chi connectivity index (χ1) is 15.0. The molecule has 0 saturated carbocycles. The average Bonchev–Trinajstić information content (AvgIpc) is 3.27. The lowest BCUT2D eigenvalue weighted by Gasteiger charge is -2.28. The second kappa shape index (κ2) is 9.25. The lowest BCUT2D eigenvalue weighted by Crippen LogP contribution is -2.34. The van der Waals surface area contributed by atoms with E-state index in [9.17, 15) is 20.4 Å². The Labute approximate surface area is 184 Å². The third-order valence-corrected chi connectivity index (χ3v) is 6.14. The summed E-state index contributed by atoms with van der Waals surface area (Å²) in [5, 5.41) is 45.2. The molecule has 1 aromatic heterocycles. The molecule has 2 aliphatic rings. The largest absolute Gasteiger partial charge is 0.394 e.